The predicted molar refractivity (Wildman–Crippen MR) is 152 cm³/mol. The molecule has 1 spiro atoms. The van der Waals surface area contributed by atoms with Crippen molar-refractivity contribution in [2.24, 2.45) is 0 Å². The lowest BCUT2D eigenvalue weighted by Crippen LogP contribution is -2.52. The Bertz CT molecular complexity index is 1650. The van der Waals surface area contributed by atoms with Gasteiger partial charge in [0, 0.05) is 29.3 Å². The minimum atomic E-state index is -4.58. The Morgan fingerprint density at radius 1 is 1.24 bits per heavy atom. The molecule has 1 aliphatic heterocycles. The summed E-state index contributed by atoms with van der Waals surface area (Å²) >= 11 is 9.26. The predicted octanol–water partition coefficient (Wildman–Crippen LogP) is 5.57. The molecule has 2 aromatic heterocycles. The lowest BCUT2D eigenvalue weighted by molar-refractivity contribution is -0.137. The number of carbonyl (C=O) groups excluding carboxylic acids is 2. The van der Waals surface area contributed by atoms with E-state index < -0.39 is 34.8 Å². The van der Waals surface area contributed by atoms with Gasteiger partial charge in [-0.1, -0.05) is 11.6 Å². The van der Waals surface area contributed by atoms with Crippen LogP contribution in [0.2, 0.25) is 5.02 Å². The Morgan fingerprint density at radius 2 is 1.95 bits per heavy atom. The first-order chi connectivity index (χ1) is 19.5. The molecule has 3 heterocycles. The van der Waals surface area contributed by atoms with Crippen molar-refractivity contribution in [3.05, 3.63) is 55.1 Å². The first-order valence-electron chi connectivity index (χ1n) is 13.3. The van der Waals surface area contributed by atoms with Gasteiger partial charge in [-0.3, -0.25) is 9.59 Å². The van der Waals surface area contributed by atoms with Crippen molar-refractivity contribution in [2.45, 2.75) is 83.2 Å². The highest BCUT2D eigenvalue weighted by atomic mass is 79.9. The number of hydrogen-bond donors (Lipinski definition) is 1. The van der Waals surface area contributed by atoms with Crippen LogP contribution in [0.15, 0.2) is 27.7 Å². The number of aromatic nitrogens is 4. The molecular formula is C27H29BrClF3N6O4. The van der Waals surface area contributed by atoms with Crippen LogP contribution in [0.5, 0.6) is 0 Å². The van der Waals surface area contributed by atoms with Crippen LogP contribution >= 0.6 is 27.5 Å². The van der Waals surface area contributed by atoms with Gasteiger partial charge < -0.3 is 19.5 Å². The molecule has 1 N–H and O–H groups in total. The van der Waals surface area contributed by atoms with Crippen LogP contribution in [-0.4, -0.2) is 54.3 Å². The molecule has 2 amide bonds. The standard InChI is InChI=1S/C27H29BrClF3N6O4/c1-14-12-26(9-10-36(14)24(41)42-25(2,3)4)8-7-18-20(26)21(40)38-23(34-22(28)35-38)37(18)13-19(39)33-17-6-5-15(11-16(17)29)27(30,31)32/h5-6,11,14H,7-10,12-13H2,1-4H3,(H,33,39)/t14-,26-/m1/s1. The van der Waals surface area contributed by atoms with Gasteiger partial charge in [0.2, 0.25) is 16.4 Å². The Kier molecular flexibility index (Phi) is 7.62. The maximum Gasteiger partial charge on any atom is 0.416 e. The number of nitrogens with zero attached hydrogens (tertiary/aromatic N) is 5. The highest BCUT2D eigenvalue weighted by molar-refractivity contribution is 9.10. The summed E-state index contributed by atoms with van der Waals surface area (Å²) in [7, 11) is 0. The minimum Gasteiger partial charge on any atom is -0.444 e. The van der Waals surface area contributed by atoms with Crippen LogP contribution < -0.4 is 10.9 Å². The summed E-state index contributed by atoms with van der Waals surface area (Å²) in [6.07, 6.45) is -2.83. The van der Waals surface area contributed by atoms with Crippen LogP contribution in [0, 0.1) is 0 Å². The van der Waals surface area contributed by atoms with E-state index in [9.17, 15) is 27.6 Å². The SMILES string of the molecule is C[C@@H]1C[C@@]2(CCc3c2c(=O)n2nc(Br)nc2n3CC(=O)Nc2ccc(C(F)(F)F)cc2Cl)CCN1C(=O)OC(C)(C)C. The van der Waals surface area contributed by atoms with Gasteiger partial charge in [0.05, 0.1) is 16.3 Å². The third-order valence-corrected chi connectivity index (χ3v) is 8.40. The second-order valence-electron chi connectivity index (χ2n) is 11.8. The molecule has 0 unspecified atom stereocenters. The normalized spacial score (nSPS) is 20.7. The van der Waals surface area contributed by atoms with E-state index in [0.29, 0.717) is 43.5 Å². The Hall–Kier alpha value is -3.13. The smallest absolute Gasteiger partial charge is 0.416 e. The van der Waals surface area contributed by atoms with E-state index in [1.807, 2.05) is 6.92 Å². The van der Waals surface area contributed by atoms with E-state index >= 15 is 0 Å². The summed E-state index contributed by atoms with van der Waals surface area (Å²) in [5.74, 6) is -0.423. The third-order valence-electron chi connectivity index (χ3n) is 7.75. The lowest BCUT2D eigenvalue weighted by Gasteiger charge is -2.44. The molecule has 2 aliphatic rings. The summed E-state index contributed by atoms with van der Waals surface area (Å²) in [6.45, 7) is 7.44. The van der Waals surface area contributed by atoms with Crippen LogP contribution in [0.4, 0.5) is 23.7 Å². The van der Waals surface area contributed by atoms with Gasteiger partial charge in [0.1, 0.15) is 12.1 Å². The molecular weight excluding hydrogens is 645 g/mol. The number of hydrogen-bond acceptors (Lipinski definition) is 6. The molecule has 1 aliphatic carbocycles. The average molecular weight is 674 g/mol. The summed E-state index contributed by atoms with van der Waals surface area (Å²) in [5.41, 5.74) is -1.27. The van der Waals surface area contributed by atoms with Crippen molar-refractivity contribution < 1.29 is 27.5 Å². The van der Waals surface area contributed by atoms with E-state index in [-0.39, 0.29) is 39.4 Å². The number of halogens is 5. The highest BCUT2D eigenvalue weighted by Gasteiger charge is 2.48. The van der Waals surface area contributed by atoms with Crippen molar-refractivity contribution in [3.8, 4) is 0 Å². The highest BCUT2D eigenvalue weighted by Crippen LogP contribution is 2.47. The molecule has 226 valence electrons. The zero-order chi connectivity index (χ0) is 30.8. The Labute approximate surface area is 252 Å². The van der Waals surface area contributed by atoms with Gasteiger partial charge in [-0.15, -0.1) is 5.10 Å². The molecule has 0 saturated carbocycles. The Morgan fingerprint density at radius 3 is 2.57 bits per heavy atom. The van der Waals surface area contributed by atoms with Gasteiger partial charge in [-0.2, -0.15) is 22.7 Å². The monoisotopic (exact) mass is 672 g/mol. The molecule has 1 aromatic carbocycles. The van der Waals surface area contributed by atoms with Gasteiger partial charge >= 0.3 is 12.3 Å². The van der Waals surface area contributed by atoms with Gasteiger partial charge in [0.25, 0.3) is 5.56 Å². The van der Waals surface area contributed by atoms with Crippen LogP contribution in [0.3, 0.4) is 0 Å². The number of amides is 2. The zero-order valence-electron chi connectivity index (χ0n) is 23.3. The molecule has 10 nitrogen and oxygen atoms in total. The van der Waals surface area contributed by atoms with Crippen molar-refractivity contribution in [2.75, 3.05) is 11.9 Å². The number of piperidine rings is 1. The minimum absolute atomic E-state index is 0.0193. The average Bonchev–Trinajstić information content (AvgIpc) is 3.42. The second-order valence-corrected chi connectivity index (χ2v) is 12.9. The van der Waals surface area contributed by atoms with Crippen LogP contribution in [0.1, 0.15) is 63.8 Å². The van der Waals surface area contributed by atoms with Crippen LogP contribution in [-0.2, 0) is 34.1 Å². The first-order valence-corrected chi connectivity index (χ1v) is 14.5. The number of rotatable bonds is 3. The number of carbonyl (C=O) groups is 2. The molecule has 15 heteroatoms. The van der Waals surface area contributed by atoms with Crippen molar-refractivity contribution in [1.29, 1.82) is 0 Å². The first kappa shape index (κ1) is 30.3. The quantitative estimate of drug-likeness (QED) is 0.390. The number of fused-ring (bicyclic) bond motifs is 3. The molecule has 3 aromatic rings. The van der Waals surface area contributed by atoms with E-state index in [1.54, 1.807) is 30.2 Å². The maximum absolute atomic E-state index is 13.8. The molecule has 1 saturated heterocycles. The third kappa shape index (κ3) is 5.62. The van der Waals surface area contributed by atoms with Gasteiger partial charge in [-0.05, 0) is 87.5 Å². The largest absolute Gasteiger partial charge is 0.444 e. The zero-order valence-corrected chi connectivity index (χ0v) is 25.7. The fourth-order valence-corrected chi connectivity index (χ4v) is 6.57. The van der Waals surface area contributed by atoms with Gasteiger partial charge in [-0.25, -0.2) is 4.79 Å². The number of benzene rings is 1. The lowest BCUT2D eigenvalue weighted by atomic mass is 9.72. The molecule has 1 fully saturated rings. The van der Waals surface area contributed by atoms with Crippen molar-refractivity contribution in [3.63, 3.8) is 0 Å². The molecule has 2 atom stereocenters. The number of ether oxygens (including phenoxy) is 1. The van der Waals surface area contributed by atoms with Crippen LogP contribution in [0.25, 0.3) is 5.78 Å². The number of likely N-dealkylation sites (tertiary alicyclic amines) is 1. The van der Waals surface area contributed by atoms with Gasteiger partial charge in [0.15, 0.2) is 0 Å². The fraction of sp³-hybridized carbons (Fsp3) is 0.519. The maximum atomic E-state index is 13.8. The molecule has 5 rings (SSSR count). The van der Waals surface area contributed by atoms with Crippen molar-refractivity contribution in [1.82, 2.24) is 24.1 Å². The van der Waals surface area contributed by atoms with E-state index in [1.165, 1.54) is 0 Å². The number of nitrogens with one attached hydrogen (secondary N) is 1. The summed E-state index contributed by atoms with van der Waals surface area (Å²) < 4.78 is 47.6. The van der Waals surface area contributed by atoms with E-state index in [0.717, 1.165) is 22.7 Å². The summed E-state index contributed by atoms with van der Waals surface area (Å²) in [4.78, 5) is 45.8. The topological polar surface area (TPSA) is 111 Å². The second kappa shape index (κ2) is 10.5. The van der Waals surface area contributed by atoms with Crippen molar-refractivity contribution >= 4 is 51.0 Å². The van der Waals surface area contributed by atoms with E-state index in [2.05, 4.69) is 31.3 Å². The fourth-order valence-electron chi connectivity index (χ4n) is 6.02. The summed E-state index contributed by atoms with van der Waals surface area (Å²) in [5, 5.41) is 6.52. The van der Waals surface area contributed by atoms with E-state index in [4.69, 9.17) is 16.3 Å². The number of anilines is 1. The summed E-state index contributed by atoms with van der Waals surface area (Å²) in [6, 6.07) is 2.46. The number of alkyl halides is 3. The molecule has 0 bridgehead atoms. The Balaban J connectivity index is 1.47. The molecule has 42 heavy (non-hydrogen) atoms. The molecule has 0 radical (unpaired) electrons.